The lowest BCUT2D eigenvalue weighted by Gasteiger charge is -2.03. The van der Waals surface area contributed by atoms with Crippen LogP contribution in [0.5, 0.6) is 11.5 Å². The van der Waals surface area contributed by atoms with Crippen LogP contribution in [0.25, 0.3) is 10.1 Å². The largest absolute Gasteiger partial charge is 0.497 e. The van der Waals surface area contributed by atoms with Gasteiger partial charge in [-0.2, -0.15) is 5.10 Å². The molecule has 6 nitrogen and oxygen atoms in total. The average molecular weight is 471 g/mol. The van der Waals surface area contributed by atoms with Crippen LogP contribution in [0.2, 0.25) is 5.02 Å². The number of methoxy groups -OCH3 is 1. The Balaban J connectivity index is 1.41. The molecule has 1 amide bonds. The van der Waals surface area contributed by atoms with E-state index in [4.69, 9.17) is 21.1 Å². The molecule has 0 atom stereocenters. The van der Waals surface area contributed by atoms with Crippen molar-refractivity contribution in [2.45, 2.75) is 0 Å². The van der Waals surface area contributed by atoms with E-state index in [2.05, 4.69) is 10.5 Å². The van der Waals surface area contributed by atoms with Gasteiger partial charge in [0.1, 0.15) is 16.4 Å². The Morgan fingerprint density at radius 3 is 2.58 bits per heavy atom. The second-order valence-electron chi connectivity index (χ2n) is 6.24. The van der Waals surface area contributed by atoms with Gasteiger partial charge in [-0.1, -0.05) is 17.7 Å². The lowest BCUT2D eigenvalue weighted by Crippen LogP contribution is -2.16. The highest BCUT2D eigenvalue weighted by molar-refractivity contribution is 7.21. The molecule has 0 spiro atoms. The monoisotopic (exact) mass is 470 g/mol. The Labute approximate surface area is 190 Å². The van der Waals surface area contributed by atoms with Crippen LogP contribution >= 0.6 is 34.3 Å². The van der Waals surface area contributed by atoms with E-state index in [1.54, 1.807) is 49.6 Å². The fourth-order valence-corrected chi connectivity index (χ4v) is 4.73. The van der Waals surface area contributed by atoms with Crippen molar-refractivity contribution in [1.82, 2.24) is 5.43 Å². The molecule has 0 radical (unpaired) electrons. The van der Waals surface area contributed by atoms with Crippen molar-refractivity contribution in [2.24, 2.45) is 5.10 Å². The summed E-state index contributed by atoms with van der Waals surface area (Å²) in [6.45, 7) is 0. The summed E-state index contributed by atoms with van der Waals surface area (Å²) in [4.78, 5) is 25.4. The lowest BCUT2D eigenvalue weighted by molar-refractivity contribution is 0.0739. The number of hydrogen-bond acceptors (Lipinski definition) is 7. The van der Waals surface area contributed by atoms with Crippen molar-refractivity contribution in [3.05, 3.63) is 80.3 Å². The van der Waals surface area contributed by atoms with Gasteiger partial charge in [-0.25, -0.2) is 10.2 Å². The van der Waals surface area contributed by atoms with Gasteiger partial charge in [0.05, 0.1) is 23.2 Å². The zero-order valence-electron chi connectivity index (χ0n) is 16.1. The maximum absolute atomic E-state index is 12.6. The molecule has 9 heteroatoms. The van der Waals surface area contributed by atoms with E-state index >= 15 is 0 Å². The van der Waals surface area contributed by atoms with Gasteiger partial charge in [-0.15, -0.1) is 22.7 Å². The van der Waals surface area contributed by atoms with E-state index < -0.39 is 5.97 Å². The van der Waals surface area contributed by atoms with Crippen molar-refractivity contribution in [2.75, 3.05) is 7.11 Å². The molecule has 0 bridgehead atoms. The molecule has 2 aromatic heterocycles. The Morgan fingerprint density at radius 2 is 1.87 bits per heavy atom. The minimum Gasteiger partial charge on any atom is -0.497 e. The summed E-state index contributed by atoms with van der Waals surface area (Å²) in [6, 6.07) is 15.7. The molecule has 2 aromatic carbocycles. The van der Waals surface area contributed by atoms with Gasteiger partial charge in [0.2, 0.25) is 0 Å². The summed E-state index contributed by atoms with van der Waals surface area (Å²) >= 11 is 8.96. The fourth-order valence-electron chi connectivity index (χ4n) is 2.71. The van der Waals surface area contributed by atoms with Crippen molar-refractivity contribution in [3.8, 4) is 11.5 Å². The number of ether oxygens (including phenoxy) is 2. The van der Waals surface area contributed by atoms with Crippen LogP contribution in [0.15, 0.2) is 65.1 Å². The summed E-state index contributed by atoms with van der Waals surface area (Å²) in [5.74, 6) is 0.259. The summed E-state index contributed by atoms with van der Waals surface area (Å²) in [7, 11) is 1.58. The van der Waals surface area contributed by atoms with Gasteiger partial charge < -0.3 is 9.47 Å². The Bertz CT molecular complexity index is 1260. The molecule has 4 aromatic rings. The van der Waals surface area contributed by atoms with E-state index in [1.165, 1.54) is 28.9 Å². The molecule has 0 aliphatic carbocycles. The van der Waals surface area contributed by atoms with E-state index in [9.17, 15) is 9.59 Å². The molecular weight excluding hydrogens is 456 g/mol. The van der Waals surface area contributed by atoms with Crippen LogP contribution in [0.4, 0.5) is 0 Å². The number of benzene rings is 2. The Hall–Kier alpha value is -3.20. The quantitative estimate of drug-likeness (QED) is 0.172. The number of rotatable bonds is 6. The molecule has 4 rings (SSSR count). The second-order valence-corrected chi connectivity index (χ2v) is 8.62. The normalized spacial score (nSPS) is 11.0. The zero-order chi connectivity index (χ0) is 21.8. The molecule has 156 valence electrons. The average Bonchev–Trinajstić information content (AvgIpc) is 3.43. The molecular formula is C22H15ClN2O4S2. The number of halogens is 1. The van der Waals surface area contributed by atoms with Crippen LogP contribution in [0, 0.1) is 0 Å². The van der Waals surface area contributed by atoms with Crippen LogP contribution in [-0.2, 0) is 0 Å². The first-order chi connectivity index (χ1) is 15.0. The smallest absolute Gasteiger partial charge is 0.355 e. The highest BCUT2D eigenvalue weighted by Gasteiger charge is 2.19. The topological polar surface area (TPSA) is 77.0 Å². The number of carbonyl (C=O) groups excluding carboxylic acids is 2. The zero-order valence-corrected chi connectivity index (χ0v) is 18.5. The maximum atomic E-state index is 12.6. The summed E-state index contributed by atoms with van der Waals surface area (Å²) < 4.78 is 11.5. The van der Waals surface area contributed by atoms with E-state index in [-0.39, 0.29) is 5.91 Å². The molecule has 0 saturated carbocycles. The van der Waals surface area contributed by atoms with Crippen molar-refractivity contribution >= 4 is 62.5 Å². The predicted molar refractivity (Wildman–Crippen MR) is 124 cm³/mol. The van der Waals surface area contributed by atoms with Gasteiger partial charge >= 0.3 is 5.97 Å². The van der Waals surface area contributed by atoms with Gasteiger partial charge in [-0.3, -0.25) is 4.79 Å². The molecule has 0 fully saturated rings. The third kappa shape index (κ3) is 4.77. The van der Waals surface area contributed by atoms with Crippen molar-refractivity contribution < 1.29 is 19.1 Å². The first-order valence-corrected chi connectivity index (χ1v) is 11.1. The summed E-state index contributed by atoms with van der Waals surface area (Å²) in [6.07, 6.45) is 1.51. The number of nitrogens with one attached hydrogen (secondary N) is 1. The third-order valence-electron chi connectivity index (χ3n) is 4.24. The minimum atomic E-state index is -0.533. The van der Waals surface area contributed by atoms with Gasteiger partial charge in [0, 0.05) is 10.1 Å². The van der Waals surface area contributed by atoms with Crippen LogP contribution < -0.4 is 14.9 Å². The minimum absolute atomic E-state index is 0.269. The SMILES string of the molecule is COc1ccc2c(Cl)c(C(=O)Oc3ccc(/C=N/NC(=O)c4cccs4)cc3)sc2c1. The molecule has 31 heavy (non-hydrogen) atoms. The number of carbonyl (C=O) groups is 2. The van der Waals surface area contributed by atoms with E-state index in [0.717, 1.165) is 15.6 Å². The van der Waals surface area contributed by atoms with Gasteiger partial charge in [0.25, 0.3) is 5.91 Å². The van der Waals surface area contributed by atoms with Crippen LogP contribution in [0.1, 0.15) is 24.9 Å². The number of thiophene rings is 2. The number of nitrogens with zero attached hydrogens (tertiary/aromatic N) is 1. The molecule has 0 aliphatic heterocycles. The van der Waals surface area contributed by atoms with Crippen LogP contribution in [-0.4, -0.2) is 25.2 Å². The summed E-state index contributed by atoms with van der Waals surface area (Å²) in [5.41, 5.74) is 3.20. The van der Waals surface area contributed by atoms with Gasteiger partial charge in [-0.05, 0) is 59.5 Å². The van der Waals surface area contributed by atoms with Crippen molar-refractivity contribution in [3.63, 3.8) is 0 Å². The van der Waals surface area contributed by atoms with E-state index in [0.29, 0.717) is 26.3 Å². The highest BCUT2D eigenvalue weighted by Crippen LogP contribution is 2.37. The predicted octanol–water partition coefficient (Wildman–Crippen LogP) is 5.61. The summed E-state index contributed by atoms with van der Waals surface area (Å²) in [5, 5.41) is 6.89. The number of hydrogen-bond donors (Lipinski definition) is 1. The van der Waals surface area contributed by atoms with Gasteiger partial charge in [0.15, 0.2) is 0 Å². The first-order valence-electron chi connectivity index (χ1n) is 9.00. The highest BCUT2D eigenvalue weighted by atomic mass is 35.5. The van der Waals surface area contributed by atoms with Crippen molar-refractivity contribution in [1.29, 1.82) is 0 Å². The maximum Gasteiger partial charge on any atom is 0.355 e. The lowest BCUT2D eigenvalue weighted by atomic mass is 10.2. The van der Waals surface area contributed by atoms with Crippen LogP contribution in [0.3, 0.4) is 0 Å². The number of esters is 1. The second kappa shape index (κ2) is 9.30. The molecule has 0 unspecified atom stereocenters. The Kier molecular flexibility index (Phi) is 6.31. The molecule has 0 saturated heterocycles. The number of hydrazone groups is 1. The standard InChI is InChI=1S/C22H15ClN2O4S2/c1-28-15-8-9-16-18(11-15)31-20(19(16)23)22(27)29-14-6-4-13(5-7-14)12-24-25-21(26)17-3-2-10-30-17/h2-12H,1H3,(H,25,26)/b24-12+. The fraction of sp³-hybridized carbons (Fsp3) is 0.0455. The van der Waals surface area contributed by atoms with E-state index in [1.807, 2.05) is 17.5 Å². The number of fused-ring (bicyclic) bond motifs is 1. The third-order valence-corrected chi connectivity index (χ3v) is 6.74. The first kappa shape index (κ1) is 21.0. The molecule has 1 N–H and O–H groups in total. The molecule has 0 aliphatic rings. The number of amides is 1. The molecule has 2 heterocycles. The Morgan fingerprint density at radius 1 is 1.10 bits per heavy atom.